The molecule has 3 rings (SSSR count). The van der Waals surface area contributed by atoms with Gasteiger partial charge in [-0.05, 0) is 39.9 Å². The summed E-state index contributed by atoms with van der Waals surface area (Å²) in [5, 5.41) is 2.57. The molecule has 0 aliphatic heterocycles. The van der Waals surface area contributed by atoms with E-state index < -0.39 is 0 Å². The van der Waals surface area contributed by atoms with Crippen molar-refractivity contribution in [2.75, 3.05) is 0 Å². The molecule has 0 bridgehead atoms. The molecule has 0 aliphatic rings. The minimum absolute atomic E-state index is 0.906. The van der Waals surface area contributed by atoms with Gasteiger partial charge < -0.3 is 0 Å². The first-order valence-electron chi connectivity index (χ1n) is 6.56. The molecule has 3 aromatic carbocycles. The smallest absolute Gasteiger partial charge is 0.00940 e. The summed E-state index contributed by atoms with van der Waals surface area (Å²) in [7, 11) is 0. The maximum Gasteiger partial charge on any atom is -0.00940 e. The molecule has 19 heavy (non-hydrogen) atoms. The normalized spacial score (nSPS) is 10.5. The second-order valence-electron chi connectivity index (χ2n) is 4.71. The monoisotopic (exact) mass is 244 g/mol. The second kappa shape index (κ2) is 5.11. The van der Waals surface area contributed by atoms with E-state index in [0.29, 0.717) is 0 Å². The molecular weight excluding hydrogens is 228 g/mol. The fourth-order valence-electron chi connectivity index (χ4n) is 2.49. The third-order valence-corrected chi connectivity index (χ3v) is 3.44. The van der Waals surface area contributed by atoms with E-state index >= 15 is 0 Å². The molecule has 0 fully saturated rings. The van der Waals surface area contributed by atoms with Gasteiger partial charge in [0.1, 0.15) is 0 Å². The van der Waals surface area contributed by atoms with Crippen molar-refractivity contribution < 1.29 is 0 Å². The molecule has 0 unspecified atom stereocenters. The van der Waals surface area contributed by atoms with Crippen molar-refractivity contribution in [1.29, 1.82) is 0 Å². The third kappa shape index (κ3) is 2.30. The first-order valence-corrected chi connectivity index (χ1v) is 6.56. The fraction of sp³-hybridized carbons (Fsp3) is 0.0526. The zero-order chi connectivity index (χ0) is 13.1. The quantitative estimate of drug-likeness (QED) is 0.553. The van der Waals surface area contributed by atoms with E-state index in [0.717, 1.165) is 6.42 Å². The molecule has 0 N–H and O–H groups in total. The van der Waals surface area contributed by atoms with Gasteiger partial charge in [-0.25, -0.2) is 0 Å². The molecule has 0 saturated heterocycles. The van der Waals surface area contributed by atoms with E-state index in [4.69, 9.17) is 0 Å². The number of benzene rings is 3. The summed E-state index contributed by atoms with van der Waals surface area (Å²) in [6.07, 6.45) is 2.86. The number of allylic oxidation sites excluding steroid dienone is 1. The lowest BCUT2D eigenvalue weighted by molar-refractivity contribution is 1.28. The van der Waals surface area contributed by atoms with Gasteiger partial charge in [0.15, 0.2) is 0 Å². The molecule has 3 aromatic rings. The maximum absolute atomic E-state index is 3.84. The summed E-state index contributed by atoms with van der Waals surface area (Å²) in [6.45, 7) is 3.84. The van der Waals surface area contributed by atoms with E-state index in [9.17, 15) is 0 Å². The minimum atomic E-state index is 0.906. The number of rotatable bonds is 3. The first-order chi connectivity index (χ1) is 9.38. The van der Waals surface area contributed by atoms with Gasteiger partial charge in [-0.15, -0.1) is 6.58 Å². The molecule has 0 heteroatoms. The molecule has 92 valence electrons. The van der Waals surface area contributed by atoms with Crippen LogP contribution in [-0.2, 0) is 6.42 Å². The number of hydrogen-bond acceptors (Lipinski definition) is 0. The van der Waals surface area contributed by atoms with Crippen molar-refractivity contribution >= 4 is 10.8 Å². The Balaban J connectivity index is 2.16. The van der Waals surface area contributed by atoms with Crippen LogP contribution < -0.4 is 0 Å². The van der Waals surface area contributed by atoms with E-state index in [1.807, 2.05) is 6.08 Å². The molecule has 0 atom stereocenters. The Kier molecular flexibility index (Phi) is 3.16. The van der Waals surface area contributed by atoms with E-state index in [1.165, 1.54) is 27.5 Å². The van der Waals surface area contributed by atoms with Gasteiger partial charge in [-0.3, -0.25) is 0 Å². The lowest BCUT2D eigenvalue weighted by Gasteiger charge is -2.09. The molecule has 0 nitrogen and oxygen atoms in total. The van der Waals surface area contributed by atoms with Gasteiger partial charge in [-0.2, -0.15) is 0 Å². The Labute approximate surface area is 114 Å². The second-order valence-corrected chi connectivity index (χ2v) is 4.71. The van der Waals surface area contributed by atoms with Crippen LogP contribution in [0.4, 0.5) is 0 Å². The Bertz CT molecular complexity index is 723. The summed E-state index contributed by atoms with van der Waals surface area (Å²) in [5.41, 5.74) is 3.90. The zero-order valence-corrected chi connectivity index (χ0v) is 10.8. The summed E-state index contributed by atoms with van der Waals surface area (Å²) in [5.74, 6) is 0. The molecule has 0 amide bonds. The fourth-order valence-corrected chi connectivity index (χ4v) is 2.49. The Morgan fingerprint density at radius 1 is 0.789 bits per heavy atom. The summed E-state index contributed by atoms with van der Waals surface area (Å²) < 4.78 is 0. The van der Waals surface area contributed by atoms with Crippen LogP contribution in [0.25, 0.3) is 21.9 Å². The first kappa shape index (κ1) is 11.7. The van der Waals surface area contributed by atoms with Crippen LogP contribution in [0, 0.1) is 0 Å². The van der Waals surface area contributed by atoms with E-state index in [-0.39, 0.29) is 0 Å². The number of fused-ring (bicyclic) bond motifs is 1. The van der Waals surface area contributed by atoms with Gasteiger partial charge in [0, 0.05) is 0 Å². The van der Waals surface area contributed by atoms with Gasteiger partial charge in [0.05, 0.1) is 0 Å². The van der Waals surface area contributed by atoms with Crippen LogP contribution in [0.15, 0.2) is 79.4 Å². The van der Waals surface area contributed by atoms with Gasteiger partial charge >= 0.3 is 0 Å². The van der Waals surface area contributed by atoms with Crippen molar-refractivity contribution in [2.24, 2.45) is 0 Å². The van der Waals surface area contributed by atoms with Gasteiger partial charge in [-0.1, -0.05) is 66.7 Å². The van der Waals surface area contributed by atoms with E-state index in [2.05, 4.69) is 73.3 Å². The van der Waals surface area contributed by atoms with Crippen molar-refractivity contribution in [2.45, 2.75) is 6.42 Å². The molecular formula is C19H16. The minimum Gasteiger partial charge on any atom is -0.103 e. The Morgan fingerprint density at radius 3 is 2.37 bits per heavy atom. The Morgan fingerprint density at radius 2 is 1.53 bits per heavy atom. The highest BCUT2D eigenvalue weighted by molar-refractivity contribution is 5.87. The standard InChI is InChI=1S/C19H16/c1-2-7-16-9-5-6-11-19(16)18-13-12-15-8-3-4-10-17(15)14-18/h2-6,8-14H,1,7H2. The molecule has 0 radical (unpaired) electrons. The van der Waals surface area contributed by atoms with Crippen LogP contribution >= 0.6 is 0 Å². The van der Waals surface area contributed by atoms with E-state index in [1.54, 1.807) is 0 Å². The van der Waals surface area contributed by atoms with Crippen LogP contribution in [0.2, 0.25) is 0 Å². The highest BCUT2D eigenvalue weighted by Crippen LogP contribution is 2.27. The highest BCUT2D eigenvalue weighted by Gasteiger charge is 2.04. The SMILES string of the molecule is C=CCc1ccccc1-c1ccc2ccccc2c1. The lowest BCUT2D eigenvalue weighted by atomic mass is 9.96. The van der Waals surface area contributed by atoms with Crippen molar-refractivity contribution in [3.8, 4) is 11.1 Å². The summed E-state index contributed by atoms with van der Waals surface area (Å²) in [6, 6.07) is 23.7. The lowest BCUT2D eigenvalue weighted by Crippen LogP contribution is -1.87. The highest BCUT2D eigenvalue weighted by atomic mass is 14.1. The largest absolute Gasteiger partial charge is 0.103 e. The third-order valence-electron chi connectivity index (χ3n) is 3.44. The predicted molar refractivity (Wildman–Crippen MR) is 83.3 cm³/mol. The molecule has 0 aromatic heterocycles. The van der Waals surface area contributed by atoms with Crippen molar-refractivity contribution in [3.05, 3.63) is 84.9 Å². The molecule has 0 saturated carbocycles. The molecule has 0 spiro atoms. The van der Waals surface area contributed by atoms with Gasteiger partial charge in [0.2, 0.25) is 0 Å². The summed E-state index contributed by atoms with van der Waals surface area (Å²) >= 11 is 0. The summed E-state index contributed by atoms with van der Waals surface area (Å²) in [4.78, 5) is 0. The number of hydrogen-bond donors (Lipinski definition) is 0. The maximum atomic E-state index is 3.84. The van der Waals surface area contributed by atoms with Crippen LogP contribution in [-0.4, -0.2) is 0 Å². The predicted octanol–water partition coefficient (Wildman–Crippen LogP) is 5.24. The van der Waals surface area contributed by atoms with Gasteiger partial charge in [0.25, 0.3) is 0 Å². The topological polar surface area (TPSA) is 0 Å². The average molecular weight is 244 g/mol. The average Bonchev–Trinajstić information content (AvgIpc) is 2.48. The van der Waals surface area contributed by atoms with Crippen LogP contribution in [0.1, 0.15) is 5.56 Å². The van der Waals surface area contributed by atoms with Crippen LogP contribution in [0.5, 0.6) is 0 Å². The van der Waals surface area contributed by atoms with Crippen molar-refractivity contribution in [1.82, 2.24) is 0 Å². The van der Waals surface area contributed by atoms with Crippen LogP contribution in [0.3, 0.4) is 0 Å². The molecule has 0 aliphatic carbocycles. The molecule has 0 heterocycles. The Hall–Kier alpha value is -2.34. The van der Waals surface area contributed by atoms with Crippen molar-refractivity contribution in [3.63, 3.8) is 0 Å². The zero-order valence-electron chi connectivity index (χ0n) is 10.8.